The maximum absolute atomic E-state index is 12.1. The second kappa shape index (κ2) is 6.26. The predicted octanol–water partition coefficient (Wildman–Crippen LogP) is 3.98. The number of benzene rings is 2. The van der Waals surface area contributed by atoms with Gasteiger partial charge in [0.15, 0.2) is 17.2 Å². The highest BCUT2D eigenvalue weighted by molar-refractivity contribution is 6.32. The SMILES string of the molecule is CCc1ccc(C2=N/C(=C/c3cc4c(cc3Cl)OCO4)C(=O)O2)cc1. The lowest BCUT2D eigenvalue weighted by molar-refractivity contribution is -0.129. The zero-order chi connectivity index (χ0) is 17.4. The van der Waals surface area contributed by atoms with E-state index in [2.05, 4.69) is 11.9 Å². The first-order valence-corrected chi connectivity index (χ1v) is 8.23. The van der Waals surface area contributed by atoms with Gasteiger partial charge in [0.2, 0.25) is 12.7 Å². The van der Waals surface area contributed by atoms with Crippen molar-refractivity contribution in [1.29, 1.82) is 0 Å². The summed E-state index contributed by atoms with van der Waals surface area (Å²) in [7, 11) is 0. The van der Waals surface area contributed by atoms with Gasteiger partial charge in [-0.3, -0.25) is 0 Å². The molecule has 126 valence electrons. The molecule has 0 saturated heterocycles. The number of cyclic esters (lactones) is 1. The van der Waals surface area contributed by atoms with Crippen LogP contribution < -0.4 is 9.47 Å². The number of halogens is 1. The van der Waals surface area contributed by atoms with Crippen molar-refractivity contribution in [3.8, 4) is 11.5 Å². The zero-order valence-corrected chi connectivity index (χ0v) is 14.2. The fourth-order valence-corrected chi connectivity index (χ4v) is 2.81. The van der Waals surface area contributed by atoms with Crippen LogP contribution in [-0.2, 0) is 16.0 Å². The minimum atomic E-state index is -0.511. The van der Waals surface area contributed by atoms with E-state index in [-0.39, 0.29) is 18.4 Å². The Labute approximate surface area is 149 Å². The number of fused-ring (bicyclic) bond motifs is 1. The van der Waals surface area contributed by atoms with Gasteiger partial charge in [-0.15, -0.1) is 0 Å². The third-order valence-corrected chi connectivity index (χ3v) is 4.34. The summed E-state index contributed by atoms with van der Waals surface area (Å²) < 4.78 is 15.9. The maximum Gasteiger partial charge on any atom is 0.363 e. The van der Waals surface area contributed by atoms with E-state index in [9.17, 15) is 4.79 Å². The molecule has 0 aliphatic carbocycles. The Balaban J connectivity index is 1.67. The Bertz CT molecular complexity index is 916. The number of esters is 1. The van der Waals surface area contributed by atoms with E-state index in [1.54, 1.807) is 18.2 Å². The lowest BCUT2D eigenvalue weighted by Crippen LogP contribution is -2.05. The highest BCUT2D eigenvalue weighted by Gasteiger charge is 2.25. The number of nitrogens with zero attached hydrogens (tertiary/aromatic N) is 1. The molecule has 0 aromatic heterocycles. The van der Waals surface area contributed by atoms with Crippen molar-refractivity contribution in [2.75, 3.05) is 6.79 Å². The standard InChI is InChI=1S/C19H14ClNO4/c1-2-11-3-5-12(6-4-11)18-21-15(19(22)25-18)7-13-8-16-17(9-14(13)20)24-10-23-16/h3-9H,2,10H2,1H3/b15-7+. The second-order valence-electron chi connectivity index (χ2n) is 5.61. The first-order chi connectivity index (χ1) is 12.1. The summed E-state index contributed by atoms with van der Waals surface area (Å²) in [4.78, 5) is 16.4. The molecule has 5 nitrogen and oxygen atoms in total. The minimum Gasteiger partial charge on any atom is -0.454 e. The average molecular weight is 356 g/mol. The molecule has 0 fully saturated rings. The molecule has 25 heavy (non-hydrogen) atoms. The lowest BCUT2D eigenvalue weighted by atomic mass is 10.1. The monoisotopic (exact) mass is 355 g/mol. The molecule has 0 radical (unpaired) electrons. The van der Waals surface area contributed by atoms with Gasteiger partial charge in [-0.05, 0) is 41.8 Å². The molecule has 0 N–H and O–H groups in total. The van der Waals surface area contributed by atoms with Crippen LogP contribution in [0.2, 0.25) is 5.02 Å². The van der Waals surface area contributed by atoms with Gasteiger partial charge in [-0.2, -0.15) is 0 Å². The summed E-state index contributed by atoms with van der Waals surface area (Å²) in [5.74, 6) is 0.947. The van der Waals surface area contributed by atoms with Crippen LogP contribution >= 0.6 is 11.6 Å². The van der Waals surface area contributed by atoms with Gasteiger partial charge in [0.25, 0.3) is 0 Å². The van der Waals surface area contributed by atoms with E-state index in [1.165, 1.54) is 5.56 Å². The van der Waals surface area contributed by atoms with Gasteiger partial charge in [0, 0.05) is 11.6 Å². The Morgan fingerprint density at radius 2 is 1.88 bits per heavy atom. The van der Waals surface area contributed by atoms with Crippen molar-refractivity contribution in [3.05, 3.63) is 63.8 Å². The average Bonchev–Trinajstić information content (AvgIpc) is 3.22. The number of carbonyl (C=O) groups is 1. The van der Waals surface area contributed by atoms with Crippen LogP contribution in [0.3, 0.4) is 0 Å². The molecule has 4 rings (SSSR count). The van der Waals surface area contributed by atoms with Crippen LogP contribution in [0.25, 0.3) is 6.08 Å². The summed E-state index contributed by atoms with van der Waals surface area (Å²) >= 11 is 6.24. The number of carbonyl (C=O) groups excluding carboxylic acids is 1. The Hall–Kier alpha value is -2.79. The van der Waals surface area contributed by atoms with Crippen molar-refractivity contribution in [2.24, 2.45) is 4.99 Å². The highest BCUT2D eigenvalue weighted by Crippen LogP contribution is 2.38. The van der Waals surface area contributed by atoms with Crippen molar-refractivity contribution < 1.29 is 19.0 Å². The number of aryl methyl sites for hydroxylation is 1. The Kier molecular flexibility index (Phi) is 3.93. The molecule has 2 aliphatic heterocycles. The first-order valence-electron chi connectivity index (χ1n) is 7.85. The smallest absolute Gasteiger partial charge is 0.363 e. The van der Waals surface area contributed by atoms with Crippen molar-refractivity contribution >= 4 is 29.5 Å². The van der Waals surface area contributed by atoms with Gasteiger partial charge in [-0.25, -0.2) is 9.79 Å². The zero-order valence-electron chi connectivity index (χ0n) is 13.4. The fourth-order valence-electron chi connectivity index (χ4n) is 2.61. The molecule has 0 amide bonds. The van der Waals surface area contributed by atoms with Gasteiger partial charge in [-0.1, -0.05) is 30.7 Å². The van der Waals surface area contributed by atoms with Crippen molar-refractivity contribution in [3.63, 3.8) is 0 Å². The summed E-state index contributed by atoms with van der Waals surface area (Å²) in [5, 5.41) is 0.445. The van der Waals surface area contributed by atoms with Crippen molar-refractivity contribution in [2.45, 2.75) is 13.3 Å². The molecule has 2 aromatic carbocycles. The van der Waals surface area contributed by atoms with Crippen molar-refractivity contribution in [1.82, 2.24) is 0 Å². The molecule has 0 spiro atoms. The molecule has 6 heteroatoms. The Morgan fingerprint density at radius 3 is 2.60 bits per heavy atom. The van der Waals surface area contributed by atoms with E-state index in [1.807, 2.05) is 24.3 Å². The fraction of sp³-hybridized carbons (Fsp3) is 0.158. The molecular weight excluding hydrogens is 342 g/mol. The van der Waals surface area contributed by atoms with Gasteiger partial charge in [0.05, 0.1) is 5.02 Å². The number of hydrogen-bond acceptors (Lipinski definition) is 5. The van der Waals surface area contributed by atoms with E-state index in [0.717, 1.165) is 12.0 Å². The van der Waals surface area contributed by atoms with Gasteiger partial charge >= 0.3 is 5.97 Å². The number of hydrogen-bond donors (Lipinski definition) is 0. The first kappa shape index (κ1) is 15.7. The molecule has 0 unspecified atom stereocenters. The third-order valence-electron chi connectivity index (χ3n) is 4.01. The number of ether oxygens (including phenoxy) is 3. The molecule has 0 atom stereocenters. The third kappa shape index (κ3) is 2.98. The van der Waals surface area contributed by atoms with Crippen LogP contribution in [0.5, 0.6) is 11.5 Å². The molecule has 0 saturated carbocycles. The van der Waals surface area contributed by atoms with Crippen LogP contribution in [0.4, 0.5) is 0 Å². The summed E-state index contributed by atoms with van der Waals surface area (Å²) in [6.07, 6.45) is 2.53. The van der Waals surface area contributed by atoms with E-state index in [0.29, 0.717) is 22.1 Å². The molecule has 2 aliphatic rings. The van der Waals surface area contributed by atoms with Crippen LogP contribution in [-0.4, -0.2) is 18.7 Å². The van der Waals surface area contributed by atoms with E-state index < -0.39 is 5.97 Å². The Morgan fingerprint density at radius 1 is 1.16 bits per heavy atom. The minimum absolute atomic E-state index is 0.157. The highest BCUT2D eigenvalue weighted by atomic mass is 35.5. The largest absolute Gasteiger partial charge is 0.454 e. The van der Waals surface area contributed by atoms with Crippen LogP contribution in [0.15, 0.2) is 47.1 Å². The van der Waals surface area contributed by atoms with E-state index in [4.69, 9.17) is 25.8 Å². The summed E-state index contributed by atoms with van der Waals surface area (Å²) in [6.45, 7) is 2.24. The lowest BCUT2D eigenvalue weighted by Gasteiger charge is -2.01. The van der Waals surface area contributed by atoms with Gasteiger partial charge < -0.3 is 14.2 Å². The number of rotatable bonds is 3. The molecule has 2 aromatic rings. The molecular formula is C19H14ClNO4. The topological polar surface area (TPSA) is 57.1 Å². The predicted molar refractivity (Wildman–Crippen MR) is 94.0 cm³/mol. The summed E-state index contributed by atoms with van der Waals surface area (Å²) in [6, 6.07) is 11.1. The number of aliphatic imine (C=N–C) groups is 1. The van der Waals surface area contributed by atoms with Gasteiger partial charge in [0.1, 0.15) is 0 Å². The quantitative estimate of drug-likeness (QED) is 0.617. The van der Waals surface area contributed by atoms with Crippen LogP contribution in [0, 0.1) is 0 Å². The van der Waals surface area contributed by atoms with E-state index >= 15 is 0 Å². The molecule has 2 heterocycles. The van der Waals surface area contributed by atoms with Crippen LogP contribution in [0.1, 0.15) is 23.6 Å². The summed E-state index contributed by atoms with van der Waals surface area (Å²) in [5.41, 5.74) is 2.77. The molecule has 0 bridgehead atoms. The maximum atomic E-state index is 12.1. The second-order valence-corrected chi connectivity index (χ2v) is 6.02. The normalized spacial score (nSPS) is 17.0.